The van der Waals surface area contributed by atoms with Gasteiger partial charge in [0.05, 0.1) is 49.5 Å². The number of imidazole rings is 2. The highest BCUT2D eigenvalue weighted by Gasteiger charge is 2.37. The number of nitrogens with one attached hydrogen (secondary N) is 3. The zero-order chi connectivity index (χ0) is 36.2. The molecule has 2 aromatic carbocycles. The smallest absolute Gasteiger partial charge is 0.407 e. The van der Waals surface area contributed by atoms with Crippen molar-refractivity contribution >= 4 is 17.9 Å². The molecule has 2 aliphatic rings. The third-order valence-corrected chi connectivity index (χ3v) is 9.94. The van der Waals surface area contributed by atoms with Gasteiger partial charge in [-0.05, 0) is 59.9 Å². The van der Waals surface area contributed by atoms with Gasteiger partial charge >= 0.3 is 6.09 Å². The number of nitrogens with zero attached hydrogens (tertiary/aromatic N) is 6. The molecule has 2 fully saturated rings. The molecule has 0 saturated carbocycles. The maximum Gasteiger partial charge on any atom is 0.407 e. The molecular weight excluding hydrogens is 658 g/mol. The zero-order valence-corrected chi connectivity index (χ0v) is 29.8. The van der Waals surface area contributed by atoms with E-state index in [9.17, 15) is 14.4 Å². The number of hydrogen-bond donors (Lipinski definition) is 3. The fourth-order valence-electron chi connectivity index (χ4n) is 7.30. The minimum atomic E-state index is -0.838. The van der Waals surface area contributed by atoms with E-state index in [0.29, 0.717) is 24.7 Å². The van der Waals surface area contributed by atoms with Crippen molar-refractivity contribution in [2.45, 2.75) is 70.6 Å². The van der Waals surface area contributed by atoms with E-state index in [1.165, 1.54) is 7.11 Å². The fraction of sp³-hybridized carbons (Fsp3) is 0.385. The molecule has 13 heteroatoms. The fourth-order valence-corrected chi connectivity index (χ4v) is 7.30. The van der Waals surface area contributed by atoms with Crippen LogP contribution in [0.25, 0.3) is 33.6 Å². The van der Waals surface area contributed by atoms with Gasteiger partial charge in [0.15, 0.2) is 0 Å². The van der Waals surface area contributed by atoms with Crippen LogP contribution in [0.5, 0.6) is 0 Å². The largest absolute Gasteiger partial charge is 0.453 e. The molecule has 3 atom stereocenters. The summed E-state index contributed by atoms with van der Waals surface area (Å²) in [5, 5.41) is 6.88. The minimum Gasteiger partial charge on any atom is -0.453 e. The monoisotopic (exact) mass is 703 g/mol. The number of amides is 3. The van der Waals surface area contributed by atoms with Crippen LogP contribution in [-0.2, 0) is 20.9 Å². The Kier molecular flexibility index (Phi) is 10.2. The summed E-state index contributed by atoms with van der Waals surface area (Å²) in [6.07, 6.45) is 10.4. The third kappa shape index (κ3) is 7.48. The van der Waals surface area contributed by atoms with Crippen molar-refractivity contribution in [3.63, 3.8) is 0 Å². The van der Waals surface area contributed by atoms with Crippen LogP contribution in [0.2, 0.25) is 0 Å². The standard InChI is InChI=1S/C39H45N9O4/c1-25(2)21-35(49)47-19-4-7-33(47)36-40-22-30(43-36)28-13-9-26(10-14-28)27-11-15-29(16-12-27)31-23-41-37(44-31)34-8-5-20-48(34)38(50)32(45-39(51)52-3)24-46-18-6-17-42-46/h6,9-18,22-23,25,32-34H,4-5,7-8,19-21,24H2,1-3H3,(H,40,43)(H,41,44)(H,45,51)/t32-,33-,34-/m0/s1. The first-order valence-corrected chi connectivity index (χ1v) is 18.0. The molecule has 270 valence electrons. The van der Waals surface area contributed by atoms with Gasteiger partial charge in [-0.3, -0.25) is 14.3 Å². The average molecular weight is 704 g/mol. The van der Waals surface area contributed by atoms with Gasteiger partial charge in [0.25, 0.3) is 0 Å². The molecule has 3 aromatic heterocycles. The number of hydrogen-bond acceptors (Lipinski definition) is 7. The molecule has 7 rings (SSSR count). The molecule has 0 aliphatic carbocycles. The zero-order valence-electron chi connectivity index (χ0n) is 29.8. The summed E-state index contributed by atoms with van der Waals surface area (Å²) in [4.78, 5) is 58.7. The van der Waals surface area contributed by atoms with E-state index < -0.39 is 12.1 Å². The van der Waals surface area contributed by atoms with Gasteiger partial charge in [-0.25, -0.2) is 14.8 Å². The number of rotatable bonds is 11. The maximum absolute atomic E-state index is 13.7. The molecule has 5 aromatic rings. The lowest BCUT2D eigenvalue weighted by molar-refractivity contribution is -0.135. The van der Waals surface area contributed by atoms with Gasteiger partial charge in [-0.2, -0.15) is 5.10 Å². The molecule has 13 nitrogen and oxygen atoms in total. The van der Waals surface area contributed by atoms with Crippen LogP contribution in [0, 0.1) is 5.92 Å². The molecule has 3 amide bonds. The van der Waals surface area contributed by atoms with E-state index in [2.05, 4.69) is 92.7 Å². The van der Waals surface area contributed by atoms with Crippen molar-refractivity contribution in [1.29, 1.82) is 0 Å². The van der Waals surface area contributed by atoms with Gasteiger partial charge in [-0.1, -0.05) is 62.4 Å². The molecule has 52 heavy (non-hydrogen) atoms. The Morgan fingerprint density at radius 3 is 1.88 bits per heavy atom. The maximum atomic E-state index is 13.7. The highest BCUT2D eigenvalue weighted by Crippen LogP contribution is 2.34. The van der Waals surface area contributed by atoms with Gasteiger partial charge in [0.2, 0.25) is 11.8 Å². The summed E-state index contributed by atoms with van der Waals surface area (Å²) in [5.74, 6) is 1.88. The molecule has 2 aliphatic heterocycles. The van der Waals surface area contributed by atoms with Crippen molar-refractivity contribution in [3.05, 3.63) is 91.0 Å². The quantitative estimate of drug-likeness (QED) is 0.150. The highest BCUT2D eigenvalue weighted by molar-refractivity contribution is 5.86. The molecule has 0 unspecified atom stereocenters. The lowest BCUT2D eigenvalue weighted by atomic mass is 10.0. The molecule has 2 saturated heterocycles. The summed E-state index contributed by atoms with van der Waals surface area (Å²) in [7, 11) is 1.28. The Morgan fingerprint density at radius 1 is 0.827 bits per heavy atom. The highest BCUT2D eigenvalue weighted by atomic mass is 16.5. The Morgan fingerprint density at radius 2 is 1.37 bits per heavy atom. The molecule has 5 heterocycles. The number of aromatic amines is 2. The second-order valence-electron chi connectivity index (χ2n) is 14.0. The summed E-state index contributed by atoms with van der Waals surface area (Å²) in [6.45, 7) is 5.69. The summed E-state index contributed by atoms with van der Waals surface area (Å²) < 4.78 is 6.40. The van der Waals surface area contributed by atoms with E-state index in [-0.39, 0.29) is 30.4 Å². The van der Waals surface area contributed by atoms with Crippen LogP contribution in [0.15, 0.2) is 79.4 Å². The van der Waals surface area contributed by atoms with Crippen LogP contribution in [0.1, 0.15) is 69.7 Å². The van der Waals surface area contributed by atoms with Crippen molar-refractivity contribution in [1.82, 2.24) is 44.8 Å². The number of methoxy groups -OCH3 is 1. The van der Waals surface area contributed by atoms with E-state index in [4.69, 9.17) is 4.74 Å². The number of aromatic nitrogens is 6. The van der Waals surface area contributed by atoms with Crippen LogP contribution < -0.4 is 5.32 Å². The number of likely N-dealkylation sites (tertiary alicyclic amines) is 2. The molecule has 0 spiro atoms. The SMILES string of the molecule is COC(=O)N[C@@H](Cn1cccn1)C(=O)N1CCC[C@H]1c1ncc(-c2ccc(-c3ccc(-c4cnc([C@@H]5CCCN5C(=O)CC(C)C)[nH]4)cc3)cc2)[nH]1. The molecular formula is C39H45N9O4. The summed E-state index contributed by atoms with van der Waals surface area (Å²) >= 11 is 0. The van der Waals surface area contributed by atoms with E-state index in [1.54, 1.807) is 34.2 Å². The van der Waals surface area contributed by atoms with E-state index in [1.807, 2.05) is 11.1 Å². The molecule has 3 N–H and O–H groups in total. The Labute approximate surface area is 302 Å². The second kappa shape index (κ2) is 15.3. The van der Waals surface area contributed by atoms with E-state index in [0.717, 1.165) is 71.7 Å². The van der Waals surface area contributed by atoms with Crippen LogP contribution >= 0.6 is 0 Å². The first-order chi connectivity index (χ1) is 25.3. The van der Waals surface area contributed by atoms with Gasteiger partial charge in [-0.15, -0.1) is 0 Å². The van der Waals surface area contributed by atoms with Gasteiger partial charge < -0.3 is 29.8 Å². The second-order valence-corrected chi connectivity index (χ2v) is 14.0. The minimum absolute atomic E-state index is 0.00384. The first kappa shape index (κ1) is 34.7. The lowest BCUT2D eigenvalue weighted by Gasteiger charge is -2.28. The Balaban J connectivity index is 1.01. The summed E-state index contributed by atoms with van der Waals surface area (Å²) in [5.41, 5.74) is 5.99. The van der Waals surface area contributed by atoms with Crippen LogP contribution in [0.3, 0.4) is 0 Å². The number of carbonyl (C=O) groups is 3. The molecule has 0 radical (unpaired) electrons. The number of alkyl carbamates (subject to hydrolysis) is 1. The normalized spacial score (nSPS) is 17.8. The average Bonchev–Trinajstić information content (AvgIpc) is 4.00. The molecule has 0 bridgehead atoms. The number of benzene rings is 2. The van der Waals surface area contributed by atoms with Gasteiger partial charge in [0, 0.05) is 31.9 Å². The van der Waals surface area contributed by atoms with Crippen molar-refractivity contribution in [2.75, 3.05) is 20.2 Å². The van der Waals surface area contributed by atoms with E-state index >= 15 is 0 Å². The first-order valence-electron chi connectivity index (χ1n) is 18.0. The number of ether oxygens (including phenoxy) is 1. The Hall–Kier alpha value is -5.72. The van der Waals surface area contributed by atoms with Crippen molar-refractivity contribution in [3.8, 4) is 33.6 Å². The number of H-pyrrole nitrogens is 2. The summed E-state index contributed by atoms with van der Waals surface area (Å²) in [6, 6.07) is 17.4. The van der Waals surface area contributed by atoms with Gasteiger partial charge in [0.1, 0.15) is 17.7 Å². The topological polar surface area (TPSA) is 154 Å². The van der Waals surface area contributed by atoms with Crippen molar-refractivity contribution in [2.24, 2.45) is 5.92 Å². The third-order valence-electron chi connectivity index (χ3n) is 9.94. The van der Waals surface area contributed by atoms with Crippen LogP contribution in [0.4, 0.5) is 4.79 Å². The van der Waals surface area contributed by atoms with Crippen LogP contribution in [-0.4, -0.2) is 83.7 Å². The predicted octanol–water partition coefficient (Wildman–Crippen LogP) is 6.13. The van der Waals surface area contributed by atoms with Crippen molar-refractivity contribution < 1.29 is 19.1 Å². The lowest BCUT2D eigenvalue weighted by Crippen LogP contribution is -2.50. The number of carbonyl (C=O) groups excluding carboxylic acids is 3. The Bertz CT molecular complexity index is 1980. The predicted molar refractivity (Wildman–Crippen MR) is 195 cm³/mol.